The monoisotopic (exact) mass is 231 g/mol. The zero-order valence-corrected chi connectivity index (χ0v) is 10.6. The van der Waals surface area contributed by atoms with E-state index in [0.29, 0.717) is 11.8 Å². The zero-order valence-electron chi connectivity index (χ0n) is 10.6. The molecule has 0 heterocycles. The van der Waals surface area contributed by atoms with E-state index in [1.807, 2.05) is 0 Å². The van der Waals surface area contributed by atoms with Crippen molar-refractivity contribution in [3.63, 3.8) is 0 Å². The molecule has 0 aromatic heterocycles. The fraction of sp³-hybridized carbons (Fsp3) is 0.533. The van der Waals surface area contributed by atoms with Gasteiger partial charge in [0.05, 0.1) is 0 Å². The summed E-state index contributed by atoms with van der Waals surface area (Å²) in [5.41, 5.74) is 1.37. The Bertz CT molecular complexity index is 350. The number of nitrogens with zero attached hydrogens (tertiary/aromatic N) is 1. The van der Waals surface area contributed by atoms with E-state index in [0.717, 1.165) is 38.8 Å². The summed E-state index contributed by atoms with van der Waals surface area (Å²) in [6.07, 6.45) is 3.63. The first-order valence-corrected chi connectivity index (χ1v) is 6.59. The molecule has 0 spiro atoms. The largest absolute Gasteiger partial charge is 0.300 e. The third kappa shape index (κ3) is 3.40. The lowest BCUT2D eigenvalue weighted by atomic mass is 9.93. The van der Waals surface area contributed by atoms with E-state index in [1.165, 1.54) is 5.56 Å². The van der Waals surface area contributed by atoms with Gasteiger partial charge in [-0.15, -0.1) is 0 Å². The summed E-state index contributed by atoms with van der Waals surface area (Å²) in [6.45, 7) is 4.28. The maximum Gasteiger partial charge on any atom is 0.133 e. The van der Waals surface area contributed by atoms with E-state index < -0.39 is 0 Å². The number of rotatable bonds is 4. The molecule has 0 radical (unpaired) electrons. The minimum atomic E-state index is 0.442. The predicted molar refractivity (Wildman–Crippen MR) is 69.8 cm³/mol. The van der Waals surface area contributed by atoms with Crippen molar-refractivity contribution in [3.05, 3.63) is 35.9 Å². The average molecular weight is 231 g/mol. The van der Waals surface area contributed by atoms with Gasteiger partial charge < -0.3 is 0 Å². The molecule has 17 heavy (non-hydrogen) atoms. The molecular formula is C15H21NO. The van der Waals surface area contributed by atoms with E-state index in [9.17, 15) is 4.79 Å². The molecule has 0 amide bonds. The Balaban J connectivity index is 1.95. The summed E-state index contributed by atoms with van der Waals surface area (Å²) in [7, 11) is 0. The Hall–Kier alpha value is -1.15. The summed E-state index contributed by atoms with van der Waals surface area (Å²) < 4.78 is 0. The Morgan fingerprint density at radius 1 is 1.18 bits per heavy atom. The van der Waals surface area contributed by atoms with Crippen molar-refractivity contribution in [2.75, 3.05) is 6.54 Å². The van der Waals surface area contributed by atoms with Crippen molar-refractivity contribution >= 4 is 5.78 Å². The van der Waals surface area contributed by atoms with Crippen molar-refractivity contribution < 1.29 is 4.79 Å². The Kier molecular flexibility index (Phi) is 4.32. The molecule has 1 aromatic carbocycles. The van der Waals surface area contributed by atoms with E-state index in [1.54, 1.807) is 0 Å². The van der Waals surface area contributed by atoms with Crippen molar-refractivity contribution in [2.24, 2.45) is 0 Å². The predicted octanol–water partition coefficient (Wildman–Crippen LogP) is 3.02. The smallest absolute Gasteiger partial charge is 0.133 e. The fourth-order valence-electron chi connectivity index (χ4n) is 2.61. The summed E-state index contributed by atoms with van der Waals surface area (Å²) in [6, 6.07) is 11.2. The van der Waals surface area contributed by atoms with Crippen LogP contribution < -0.4 is 0 Å². The van der Waals surface area contributed by atoms with Crippen LogP contribution in [0.2, 0.25) is 0 Å². The van der Waals surface area contributed by atoms with Gasteiger partial charge in [-0.05, 0) is 24.9 Å². The van der Waals surface area contributed by atoms with E-state index in [2.05, 4.69) is 42.2 Å². The van der Waals surface area contributed by atoms with Gasteiger partial charge in [0.25, 0.3) is 0 Å². The highest BCUT2D eigenvalue weighted by Crippen LogP contribution is 2.21. The number of hydrogen-bond donors (Lipinski definition) is 0. The molecule has 0 N–H and O–H groups in total. The summed E-state index contributed by atoms with van der Waals surface area (Å²) in [5, 5.41) is 0. The number of Topliss-reactive ketones (excluding diaryl/α,β-unsaturated/α-hetero) is 1. The van der Waals surface area contributed by atoms with E-state index >= 15 is 0 Å². The lowest BCUT2D eigenvalue weighted by Crippen LogP contribution is -2.37. The summed E-state index contributed by atoms with van der Waals surface area (Å²) in [4.78, 5) is 13.8. The quantitative estimate of drug-likeness (QED) is 0.794. The van der Waals surface area contributed by atoms with Crippen LogP contribution in [0.4, 0.5) is 0 Å². The molecule has 1 fully saturated rings. The number of hydrogen-bond acceptors (Lipinski definition) is 2. The first-order chi connectivity index (χ1) is 8.29. The van der Waals surface area contributed by atoms with Crippen LogP contribution in [-0.2, 0) is 11.3 Å². The second-order valence-corrected chi connectivity index (χ2v) is 4.82. The van der Waals surface area contributed by atoms with Crippen LogP contribution in [-0.4, -0.2) is 23.3 Å². The molecule has 2 rings (SSSR count). The van der Waals surface area contributed by atoms with E-state index in [4.69, 9.17) is 0 Å². The van der Waals surface area contributed by atoms with Gasteiger partial charge in [-0.2, -0.15) is 0 Å². The molecule has 1 aliphatic rings. The number of ketones is 1. The molecule has 2 nitrogen and oxygen atoms in total. The minimum absolute atomic E-state index is 0.442. The van der Waals surface area contributed by atoms with Crippen LogP contribution in [0.1, 0.15) is 38.2 Å². The molecule has 1 aliphatic carbocycles. The van der Waals surface area contributed by atoms with Crippen molar-refractivity contribution in [2.45, 2.75) is 45.2 Å². The zero-order chi connectivity index (χ0) is 12.1. The molecule has 92 valence electrons. The van der Waals surface area contributed by atoms with E-state index in [-0.39, 0.29) is 0 Å². The third-order valence-corrected chi connectivity index (χ3v) is 3.66. The molecule has 0 saturated heterocycles. The molecule has 0 atom stereocenters. The fourth-order valence-corrected chi connectivity index (χ4v) is 2.61. The lowest BCUT2D eigenvalue weighted by Gasteiger charge is -2.33. The number of carbonyl (C=O) groups excluding carboxylic acids is 1. The molecule has 0 bridgehead atoms. The highest BCUT2D eigenvalue weighted by molar-refractivity contribution is 5.79. The topological polar surface area (TPSA) is 20.3 Å². The SMILES string of the molecule is CCN(Cc1ccccc1)C1CCC(=O)CC1. The summed E-state index contributed by atoms with van der Waals surface area (Å²) in [5.74, 6) is 0.442. The van der Waals surface area contributed by atoms with Gasteiger partial charge in [-0.25, -0.2) is 0 Å². The first kappa shape index (κ1) is 12.3. The van der Waals surface area contributed by atoms with Gasteiger partial charge in [-0.1, -0.05) is 37.3 Å². The van der Waals surface area contributed by atoms with Gasteiger partial charge in [-0.3, -0.25) is 9.69 Å². The minimum Gasteiger partial charge on any atom is -0.300 e. The van der Waals surface area contributed by atoms with Crippen LogP contribution in [0.25, 0.3) is 0 Å². The standard InChI is InChI=1S/C15H21NO/c1-2-16(12-13-6-4-3-5-7-13)14-8-10-15(17)11-9-14/h3-7,14H,2,8-12H2,1H3. The number of benzene rings is 1. The van der Waals surface area contributed by atoms with Crippen molar-refractivity contribution in [3.8, 4) is 0 Å². The molecule has 1 aromatic rings. The van der Waals surface area contributed by atoms with Gasteiger partial charge >= 0.3 is 0 Å². The Morgan fingerprint density at radius 2 is 1.82 bits per heavy atom. The van der Waals surface area contributed by atoms with Crippen LogP contribution in [0.15, 0.2) is 30.3 Å². The van der Waals surface area contributed by atoms with Crippen molar-refractivity contribution in [1.29, 1.82) is 0 Å². The first-order valence-electron chi connectivity index (χ1n) is 6.59. The van der Waals surface area contributed by atoms with Crippen LogP contribution in [0.3, 0.4) is 0 Å². The van der Waals surface area contributed by atoms with Crippen LogP contribution in [0.5, 0.6) is 0 Å². The second-order valence-electron chi connectivity index (χ2n) is 4.82. The third-order valence-electron chi connectivity index (χ3n) is 3.66. The molecule has 2 heteroatoms. The molecule has 1 saturated carbocycles. The maximum absolute atomic E-state index is 11.3. The Morgan fingerprint density at radius 3 is 2.41 bits per heavy atom. The van der Waals surface area contributed by atoms with Gasteiger partial charge in [0, 0.05) is 25.4 Å². The Labute approximate surface area is 104 Å². The molecule has 0 unspecified atom stereocenters. The van der Waals surface area contributed by atoms with Gasteiger partial charge in [0.15, 0.2) is 0 Å². The van der Waals surface area contributed by atoms with Crippen molar-refractivity contribution in [1.82, 2.24) is 4.90 Å². The lowest BCUT2D eigenvalue weighted by molar-refractivity contribution is -0.121. The maximum atomic E-state index is 11.3. The van der Waals surface area contributed by atoms with Gasteiger partial charge in [0.1, 0.15) is 5.78 Å². The molecule has 0 aliphatic heterocycles. The highest BCUT2D eigenvalue weighted by atomic mass is 16.1. The van der Waals surface area contributed by atoms with Crippen LogP contribution in [0, 0.1) is 0 Å². The van der Waals surface area contributed by atoms with Crippen LogP contribution >= 0.6 is 0 Å². The molecular weight excluding hydrogens is 210 g/mol. The summed E-state index contributed by atoms with van der Waals surface area (Å²) >= 11 is 0. The second kappa shape index (κ2) is 5.97. The highest BCUT2D eigenvalue weighted by Gasteiger charge is 2.23. The van der Waals surface area contributed by atoms with Gasteiger partial charge in [0.2, 0.25) is 0 Å². The number of carbonyl (C=O) groups is 1. The normalized spacial score (nSPS) is 17.6. The average Bonchev–Trinajstić information content (AvgIpc) is 2.38.